The molecule has 0 spiro atoms. The van der Waals surface area contributed by atoms with Gasteiger partial charge in [-0.1, -0.05) is 29.8 Å². The van der Waals surface area contributed by atoms with Crippen LogP contribution in [0.25, 0.3) is 0 Å². The van der Waals surface area contributed by atoms with Crippen molar-refractivity contribution in [2.24, 2.45) is 0 Å². The van der Waals surface area contributed by atoms with Crippen LogP contribution in [-0.2, 0) is 20.9 Å². The lowest BCUT2D eigenvalue weighted by atomic mass is 10.0. The van der Waals surface area contributed by atoms with Crippen LogP contribution < -0.4 is 0 Å². The number of furan rings is 1. The summed E-state index contributed by atoms with van der Waals surface area (Å²) in [5.41, 5.74) is 1.67. The lowest BCUT2D eigenvalue weighted by Crippen LogP contribution is -2.32. The number of benzene rings is 1. The van der Waals surface area contributed by atoms with Crippen molar-refractivity contribution < 1.29 is 23.5 Å². The number of carbonyl (C=O) groups is 3. The van der Waals surface area contributed by atoms with E-state index in [1.165, 1.54) is 18.3 Å². The molecule has 0 aliphatic heterocycles. The van der Waals surface area contributed by atoms with Crippen LogP contribution in [0.1, 0.15) is 40.9 Å². The minimum absolute atomic E-state index is 0.0780. The number of aryl methyl sites for hydroxylation is 1. The predicted octanol–water partition coefficient (Wildman–Crippen LogP) is 3.14. The highest BCUT2D eigenvalue weighted by Crippen LogP contribution is 2.12. The number of ketones is 1. The molecule has 0 radical (unpaired) electrons. The van der Waals surface area contributed by atoms with Gasteiger partial charge >= 0.3 is 5.97 Å². The first kappa shape index (κ1) is 19.4. The Kier molecular flexibility index (Phi) is 7.14. The van der Waals surface area contributed by atoms with Gasteiger partial charge in [0.1, 0.15) is 5.76 Å². The maximum absolute atomic E-state index is 12.5. The average molecular weight is 357 g/mol. The van der Waals surface area contributed by atoms with Gasteiger partial charge in [-0.05, 0) is 19.1 Å². The summed E-state index contributed by atoms with van der Waals surface area (Å²) in [6, 6.07) is 10.8. The Labute approximate surface area is 152 Å². The smallest absolute Gasteiger partial charge is 0.307 e. The van der Waals surface area contributed by atoms with Crippen molar-refractivity contribution in [2.45, 2.75) is 32.7 Å². The minimum Gasteiger partial charge on any atom is -0.469 e. The number of hydrogen-bond acceptors (Lipinski definition) is 5. The van der Waals surface area contributed by atoms with Crippen LogP contribution in [0.5, 0.6) is 0 Å². The van der Waals surface area contributed by atoms with Crippen LogP contribution in [0.15, 0.2) is 47.1 Å². The summed E-state index contributed by atoms with van der Waals surface area (Å²) < 4.78 is 9.90. The maximum Gasteiger partial charge on any atom is 0.307 e. The van der Waals surface area contributed by atoms with Gasteiger partial charge < -0.3 is 14.1 Å². The molecule has 26 heavy (non-hydrogen) atoms. The highest BCUT2D eigenvalue weighted by atomic mass is 16.5. The van der Waals surface area contributed by atoms with Crippen molar-refractivity contribution in [1.82, 2.24) is 4.90 Å². The molecule has 0 N–H and O–H groups in total. The molecule has 0 aliphatic carbocycles. The number of methoxy groups -OCH3 is 1. The van der Waals surface area contributed by atoms with Gasteiger partial charge in [0.2, 0.25) is 5.91 Å². The van der Waals surface area contributed by atoms with Crippen LogP contribution in [0.2, 0.25) is 0 Å². The van der Waals surface area contributed by atoms with Gasteiger partial charge in [-0.3, -0.25) is 14.4 Å². The van der Waals surface area contributed by atoms with Crippen molar-refractivity contribution in [2.75, 3.05) is 13.7 Å². The topological polar surface area (TPSA) is 76.8 Å². The zero-order valence-electron chi connectivity index (χ0n) is 15.1. The molecule has 138 valence electrons. The van der Waals surface area contributed by atoms with E-state index in [4.69, 9.17) is 4.42 Å². The summed E-state index contributed by atoms with van der Waals surface area (Å²) in [7, 11) is 1.31. The molecule has 0 fully saturated rings. The van der Waals surface area contributed by atoms with Gasteiger partial charge in [0.15, 0.2) is 5.78 Å². The minimum atomic E-state index is -0.391. The van der Waals surface area contributed by atoms with Crippen molar-refractivity contribution in [1.29, 1.82) is 0 Å². The lowest BCUT2D eigenvalue weighted by molar-refractivity contribution is -0.142. The van der Waals surface area contributed by atoms with E-state index in [2.05, 4.69) is 4.74 Å². The van der Waals surface area contributed by atoms with Crippen LogP contribution in [0.4, 0.5) is 0 Å². The summed E-state index contributed by atoms with van der Waals surface area (Å²) >= 11 is 0. The van der Waals surface area contributed by atoms with E-state index >= 15 is 0 Å². The number of nitrogens with zero attached hydrogens (tertiary/aromatic N) is 1. The molecule has 6 nitrogen and oxygen atoms in total. The summed E-state index contributed by atoms with van der Waals surface area (Å²) in [5, 5.41) is 0. The van der Waals surface area contributed by atoms with E-state index in [1.54, 1.807) is 24.3 Å². The molecule has 1 amide bonds. The van der Waals surface area contributed by atoms with Gasteiger partial charge in [0, 0.05) is 24.9 Å². The van der Waals surface area contributed by atoms with Crippen molar-refractivity contribution in [3.05, 3.63) is 59.5 Å². The molecule has 0 aliphatic rings. The molecule has 1 aromatic carbocycles. The van der Waals surface area contributed by atoms with E-state index in [0.717, 1.165) is 5.56 Å². The van der Waals surface area contributed by atoms with E-state index in [9.17, 15) is 14.4 Å². The molecule has 6 heteroatoms. The zero-order valence-corrected chi connectivity index (χ0v) is 15.1. The van der Waals surface area contributed by atoms with Gasteiger partial charge in [-0.2, -0.15) is 0 Å². The second-order valence-electron chi connectivity index (χ2n) is 6.01. The first-order valence-corrected chi connectivity index (χ1v) is 8.46. The fraction of sp³-hybridized carbons (Fsp3) is 0.350. The van der Waals surface area contributed by atoms with Crippen LogP contribution >= 0.6 is 0 Å². The largest absolute Gasteiger partial charge is 0.469 e. The first-order valence-electron chi connectivity index (χ1n) is 8.46. The van der Waals surface area contributed by atoms with Crippen molar-refractivity contribution >= 4 is 17.7 Å². The fourth-order valence-corrected chi connectivity index (χ4v) is 2.47. The highest BCUT2D eigenvalue weighted by molar-refractivity contribution is 5.98. The molecular formula is C20H23NO5. The summed E-state index contributed by atoms with van der Waals surface area (Å²) in [4.78, 5) is 37.7. The van der Waals surface area contributed by atoms with Crippen molar-refractivity contribution in [3.8, 4) is 0 Å². The van der Waals surface area contributed by atoms with E-state index in [0.29, 0.717) is 11.3 Å². The van der Waals surface area contributed by atoms with Gasteiger partial charge in [-0.15, -0.1) is 0 Å². The fourth-order valence-electron chi connectivity index (χ4n) is 2.47. The molecule has 0 saturated heterocycles. The number of amides is 1. The van der Waals surface area contributed by atoms with E-state index in [1.807, 2.05) is 19.1 Å². The van der Waals surface area contributed by atoms with Gasteiger partial charge in [0.05, 0.1) is 26.3 Å². The Hall–Kier alpha value is -2.89. The molecule has 2 rings (SSSR count). The molecule has 0 atom stereocenters. The predicted molar refractivity (Wildman–Crippen MR) is 95.5 cm³/mol. The zero-order chi connectivity index (χ0) is 18.9. The molecule has 1 heterocycles. The lowest BCUT2D eigenvalue weighted by Gasteiger charge is -2.21. The van der Waals surface area contributed by atoms with Gasteiger partial charge in [0.25, 0.3) is 0 Å². The number of rotatable bonds is 9. The quantitative estimate of drug-likeness (QED) is 0.509. The third-order valence-corrected chi connectivity index (χ3v) is 4.03. The van der Waals surface area contributed by atoms with Crippen LogP contribution in [0, 0.1) is 6.92 Å². The molecule has 0 bridgehead atoms. The molecule has 0 unspecified atom stereocenters. The third kappa shape index (κ3) is 5.88. The van der Waals surface area contributed by atoms with Crippen molar-refractivity contribution in [3.63, 3.8) is 0 Å². The second-order valence-corrected chi connectivity index (χ2v) is 6.01. The molecule has 1 aromatic heterocycles. The number of esters is 1. The number of ether oxygens (including phenoxy) is 1. The Morgan fingerprint density at radius 3 is 2.38 bits per heavy atom. The van der Waals surface area contributed by atoms with Crippen LogP contribution in [0.3, 0.4) is 0 Å². The Bertz CT molecular complexity index is 734. The summed E-state index contributed by atoms with van der Waals surface area (Å²) in [5.74, 6) is -0.0546. The van der Waals surface area contributed by atoms with E-state index < -0.39 is 5.97 Å². The van der Waals surface area contributed by atoms with E-state index in [-0.39, 0.29) is 44.0 Å². The Morgan fingerprint density at radius 2 is 1.77 bits per heavy atom. The van der Waals surface area contributed by atoms with Crippen LogP contribution in [-0.4, -0.2) is 36.2 Å². The Balaban J connectivity index is 1.94. The molecule has 2 aromatic rings. The second kappa shape index (κ2) is 9.56. The average Bonchev–Trinajstić information content (AvgIpc) is 3.16. The molecular weight excluding hydrogens is 334 g/mol. The first-order chi connectivity index (χ1) is 12.5. The number of carbonyl (C=O) groups excluding carboxylic acids is 3. The normalized spacial score (nSPS) is 10.4. The summed E-state index contributed by atoms with van der Waals surface area (Å²) in [6.07, 6.45) is 1.82. The van der Waals surface area contributed by atoms with Gasteiger partial charge in [-0.25, -0.2) is 0 Å². The monoisotopic (exact) mass is 357 g/mol. The number of Topliss-reactive ketones (excluding diaryl/α,β-unsaturated/α-hetero) is 1. The third-order valence-electron chi connectivity index (χ3n) is 4.03. The summed E-state index contributed by atoms with van der Waals surface area (Å²) in [6.45, 7) is 2.41. The highest BCUT2D eigenvalue weighted by Gasteiger charge is 2.18. The SMILES string of the molecule is COC(=O)CCN(Cc1ccco1)C(=O)CCC(=O)c1ccc(C)cc1. The maximum atomic E-state index is 12.5. The Morgan fingerprint density at radius 1 is 1.04 bits per heavy atom. The number of hydrogen-bond donors (Lipinski definition) is 0. The standard InChI is InChI=1S/C20H23NO5/c1-15-5-7-16(8-6-15)18(22)9-10-19(23)21(12-11-20(24)25-2)14-17-4-3-13-26-17/h3-8,13H,9-12,14H2,1-2H3. The molecule has 0 saturated carbocycles.